The van der Waals surface area contributed by atoms with Gasteiger partial charge in [-0.1, -0.05) is 76.8 Å². The van der Waals surface area contributed by atoms with Crippen LogP contribution in [0.1, 0.15) is 27.0 Å². The van der Waals surface area contributed by atoms with Gasteiger partial charge in [0.05, 0.1) is 0 Å². The summed E-state index contributed by atoms with van der Waals surface area (Å²) < 4.78 is 0. The number of carbonyl (C=O) groups is 1. The highest BCUT2D eigenvalue weighted by molar-refractivity contribution is 6.35. The molecule has 0 saturated heterocycles. The molecule has 0 aliphatic heterocycles. The molecule has 0 spiro atoms. The predicted octanol–water partition coefficient (Wildman–Crippen LogP) is 6.84. The summed E-state index contributed by atoms with van der Waals surface area (Å²) in [6.07, 6.45) is 0.623. The summed E-state index contributed by atoms with van der Waals surface area (Å²) >= 11 is 18.6. The molecule has 0 aromatic heterocycles. The van der Waals surface area contributed by atoms with Crippen LogP contribution in [0.4, 0.5) is 0 Å². The minimum absolute atomic E-state index is 0.0370. The van der Waals surface area contributed by atoms with Crippen LogP contribution in [0, 0.1) is 6.92 Å². The van der Waals surface area contributed by atoms with Crippen molar-refractivity contribution in [2.75, 3.05) is 6.54 Å². The number of nitrogens with zero attached hydrogens (tertiary/aromatic N) is 1. The van der Waals surface area contributed by atoms with Crippen molar-refractivity contribution in [2.24, 2.45) is 0 Å². The van der Waals surface area contributed by atoms with Crippen molar-refractivity contribution in [3.05, 3.63) is 104 Å². The molecule has 3 aromatic carbocycles. The molecule has 0 unspecified atom stereocenters. The molecular weight excluding hydrogens is 413 g/mol. The van der Waals surface area contributed by atoms with Crippen LogP contribution >= 0.6 is 34.8 Å². The van der Waals surface area contributed by atoms with Crippen LogP contribution in [0.25, 0.3) is 0 Å². The van der Waals surface area contributed by atoms with Crippen LogP contribution in [0.15, 0.2) is 66.7 Å². The lowest BCUT2D eigenvalue weighted by molar-refractivity contribution is 0.0745. The average Bonchev–Trinajstić information content (AvgIpc) is 2.68. The summed E-state index contributed by atoms with van der Waals surface area (Å²) in [5.41, 5.74) is 3.63. The smallest absolute Gasteiger partial charge is 0.254 e. The number of rotatable bonds is 6. The molecule has 0 heterocycles. The van der Waals surface area contributed by atoms with E-state index in [-0.39, 0.29) is 5.91 Å². The largest absolute Gasteiger partial charge is 0.334 e. The summed E-state index contributed by atoms with van der Waals surface area (Å²) in [5, 5.41) is 1.85. The molecule has 5 heteroatoms. The van der Waals surface area contributed by atoms with Gasteiger partial charge in [-0.2, -0.15) is 0 Å². The second-order valence-electron chi connectivity index (χ2n) is 6.67. The average molecular weight is 433 g/mol. The lowest BCUT2D eigenvalue weighted by Gasteiger charge is -2.24. The highest BCUT2D eigenvalue weighted by Crippen LogP contribution is 2.23. The molecule has 0 saturated carbocycles. The Morgan fingerprint density at radius 1 is 0.857 bits per heavy atom. The van der Waals surface area contributed by atoms with E-state index in [1.807, 2.05) is 67.6 Å². The Balaban J connectivity index is 1.84. The number of amides is 1. The minimum atomic E-state index is -0.0370. The first-order valence-corrected chi connectivity index (χ1v) is 10.1. The molecule has 3 rings (SSSR count). The highest BCUT2D eigenvalue weighted by atomic mass is 35.5. The molecule has 0 N–H and O–H groups in total. The van der Waals surface area contributed by atoms with Crippen molar-refractivity contribution in [3.63, 3.8) is 0 Å². The minimum Gasteiger partial charge on any atom is -0.334 e. The molecule has 3 aromatic rings. The van der Waals surface area contributed by atoms with Crippen LogP contribution in [-0.2, 0) is 13.0 Å². The van der Waals surface area contributed by atoms with Crippen molar-refractivity contribution in [3.8, 4) is 0 Å². The third-order valence-electron chi connectivity index (χ3n) is 4.57. The predicted molar refractivity (Wildman–Crippen MR) is 118 cm³/mol. The molecule has 144 valence electrons. The van der Waals surface area contributed by atoms with E-state index < -0.39 is 0 Å². The van der Waals surface area contributed by atoms with Gasteiger partial charge in [-0.3, -0.25) is 4.79 Å². The van der Waals surface area contributed by atoms with Crippen molar-refractivity contribution in [1.82, 2.24) is 4.90 Å². The van der Waals surface area contributed by atoms with Gasteiger partial charge in [-0.25, -0.2) is 0 Å². The van der Waals surface area contributed by atoms with Gasteiger partial charge in [0, 0.05) is 33.7 Å². The number of hydrogen-bond acceptors (Lipinski definition) is 1. The molecule has 2 nitrogen and oxygen atoms in total. The van der Waals surface area contributed by atoms with Crippen LogP contribution < -0.4 is 0 Å². The van der Waals surface area contributed by atoms with E-state index in [4.69, 9.17) is 34.8 Å². The Morgan fingerprint density at radius 2 is 1.57 bits per heavy atom. The van der Waals surface area contributed by atoms with Gasteiger partial charge >= 0.3 is 0 Å². The Morgan fingerprint density at radius 3 is 2.25 bits per heavy atom. The van der Waals surface area contributed by atoms with Gasteiger partial charge < -0.3 is 4.90 Å². The summed E-state index contributed by atoms with van der Waals surface area (Å²) in [5.74, 6) is -0.0370. The topological polar surface area (TPSA) is 20.3 Å². The van der Waals surface area contributed by atoms with Crippen LogP contribution in [0.5, 0.6) is 0 Å². The van der Waals surface area contributed by atoms with Crippen LogP contribution in [0.2, 0.25) is 15.1 Å². The Bertz CT molecular complexity index is 970. The van der Waals surface area contributed by atoms with Crippen LogP contribution in [0.3, 0.4) is 0 Å². The van der Waals surface area contributed by atoms with E-state index in [1.54, 1.807) is 11.0 Å². The lowest BCUT2D eigenvalue weighted by Crippen LogP contribution is -2.32. The maximum atomic E-state index is 13.2. The molecule has 0 aliphatic carbocycles. The molecule has 0 atom stereocenters. The number of aryl methyl sites for hydroxylation is 1. The van der Waals surface area contributed by atoms with Crippen molar-refractivity contribution in [2.45, 2.75) is 19.9 Å². The molecule has 28 heavy (non-hydrogen) atoms. The molecule has 0 aliphatic rings. The number of hydrogen-bond donors (Lipinski definition) is 0. The van der Waals surface area contributed by atoms with E-state index in [2.05, 4.69) is 0 Å². The van der Waals surface area contributed by atoms with Gasteiger partial charge in [0.25, 0.3) is 5.91 Å². The normalized spacial score (nSPS) is 10.7. The Hall–Kier alpha value is -2.00. The fourth-order valence-corrected chi connectivity index (χ4v) is 3.64. The number of carbonyl (C=O) groups excluding carboxylic acids is 1. The van der Waals surface area contributed by atoms with E-state index >= 15 is 0 Å². The number of benzene rings is 3. The second-order valence-corrected chi connectivity index (χ2v) is 7.92. The van der Waals surface area contributed by atoms with E-state index in [1.165, 1.54) is 0 Å². The summed E-state index contributed by atoms with van der Waals surface area (Å²) in [6, 6.07) is 20.6. The van der Waals surface area contributed by atoms with Gasteiger partial charge in [-0.15, -0.1) is 0 Å². The van der Waals surface area contributed by atoms with Gasteiger partial charge in [-0.05, 0) is 54.8 Å². The first-order valence-electron chi connectivity index (χ1n) is 8.97. The zero-order valence-electron chi connectivity index (χ0n) is 15.5. The molecule has 0 bridgehead atoms. The standard InChI is InChI=1S/C23H20Cl3NO/c1-16-6-8-18(9-7-16)23(28)27(15-19-4-2-3-5-21(19)25)13-12-17-10-11-20(24)14-22(17)26/h2-11,14H,12-13,15H2,1H3. The summed E-state index contributed by atoms with van der Waals surface area (Å²) in [4.78, 5) is 15.0. The zero-order valence-corrected chi connectivity index (χ0v) is 17.7. The SMILES string of the molecule is Cc1ccc(C(=O)N(CCc2ccc(Cl)cc2Cl)Cc2ccccc2Cl)cc1. The monoisotopic (exact) mass is 431 g/mol. The fraction of sp³-hybridized carbons (Fsp3) is 0.174. The van der Waals surface area contributed by atoms with Crippen LogP contribution in [-0.4, -0.2) is 17.4 Å². The Kier molecular flexibility index (Phi) is 7.01. The first-order chi connectivity index (χ1) is 13.4. The summed E-state index contributed by atoms with van der Waals surface area (Å²) in [6.45, 7) is 2.94. The zero-order chi connectivity index (χ0) is 20.1. The third kappa shape index (κ3) is 5.29. The van der Waals surface area contributed by atoms with Gasteiger partial charge in [0.2, 0.25) is 0 Å². The molecule has 0 fully saturated rings. The highest BCUT2D eigenvalue weighted by Gasteiger charge is 2.18. The molecular formula is C23H20Cl3NO. The Labute approximate surface area is 180 Å². The third-order valence-corrected chi connectivity index (χ3v) is 5.53. The van der Waals surface area contributed by atoms with Gasteiger partial charge in [0.15, 0.2) is 0 Å². The summed E-state index contributed by atoms with van der Waals surface area (Å²) in [7, 11) is 0. The lowest BCUT2D eigenvalue weighted by atomic mass is 10.1. The van der Waals surface area contributed by atoms with Crippen molar-refractivity contribution in [1.29, 1.82) is 0 Å². The molecule has 1 amide bonds. The van der Waals surface area contributed by atoms with Crippen molar-refractivity contribution < 1.29 is 4.79 Å². The molecule has 0 radical (unpaired) electrons. The van der Waals surface area contributed by atoms with E-state index in [9.17, 15) is 4.79 Å². The fourth-order valence-electron chi connectivity index (χ4n) is 2.94. The quantitative estimate of drug-likeness (QED) is 0.417. The van der Waals surface area contributed by atoms with E-state index in [0.29, 0.717) is 40.1 Å². The van der Waals surface area contributed by atoms with Crippen molar-refractivity contribution >= 4 is 40.7 Å². The number of halogens is 3. The van der Waals surface area contributed by atoms with Gasteiger partial charge in [0.1, 0.15) is 0 Å². The maximum absolute atomic E-state index is 13.2. The first kappa shape index (κ1) is 20.7. The maximum Gasteiger partial charge on any atom is 0.254 e. The second kappa shape index (κ2) is 9.47. The van der Waals surface area contributed by atoms with E-state index in [0.717, 1.165) is 16.7 Å².